The lowest BCUT2D eigenvalue weighted by atomic mass is 10.2. The van der Waals surface area contributed by atoms with E-state index < -0.39 is 0 Å². The van der Waals surface area contributed by atoms with Gasteiger partial charge in [0.2, 0.25) is 0 Å². The van der Waals surface area contributed by atoms with Gasteiger partial charge in [-0.2, -0.15) is 0 Å². The van der Waals surface area contributed by atoms with E-state index in [2.05, 4.69) is 15.9 Å². The summed E-state index contributed by atoms with van der Waals surface area (Å²) in [7, 11) is 1.59. The van der Waals surface area contributed by atoms with Crippen LogP contribution in [0.25, 0.3) is 6.08 Å². The van der Waals surface area contributed by atoms with Crippen LogP contribution in [0.15, 0.2) is 51.8 Å². The second-order valence-electron chi connectivity index (χ2n) is 5.34. The lowest BCUT2D eigenvalue weighted by Crippen LogP contribution is -2.27. The molecule has 0 radical (unpaired) electrons. The molecule has 0 bridgehead atoms. The summed E-state index contributed by atoms with van der Waals surface area (Å²) in [5, 5.41) is 0. The average Bonchev–Trinajstić information content (AvgIpc) is 2.91. The molecule has 1 aliphatic rings. The fourth-order valence-electron chi connectivity index (χ4n) is 2.48. The maximum absolute atomic E-state index is 12.8. The fraction of sp³-hybridized carbons (Fsp3) is 0.158. The van der Waals surface area contributed by atoms with E-state index in [1.807, 2.05) is 55.5 Å². The normalized spacial score (nSPS) is 15.7. The molecule has 1 amide bonds. The van der Waals surface area contributed by atoms with Crippen LogP contribution >= 0.6 is 39.9 Å². The summed E-state index contributed by atoms with van der Waals surface area (Å²) in [6.07, 6.45) is 1.82. The van der Waals surface area contributed by atoms with Crippen molar-refractivity contribution in [3.8, 4) is 11.5 Å². The van der Waals surface area contributed by atoms with E-state index in [0.717, 1.165) is 15.7 Å². The van der Waals surface area contributed by atoms with E-state index in [9.17, 15) is 4.79 Å². The highest BCUT2D eigenvalue weighted by Crippen LogP contribution is 2.37. The molecule has 1 heterocycles. The van der Waals surface area contributed by atoms with Gasteiger partial charge in [0.15, 0.2) is 15.8 Å². The van der Waals surface area contributed by atoms with Crippen LogP contribution in [0.4, 0.5) is 5.69 Å². The first kappa shape index (κ1) is 18.9. The second-order valence-corrected chi connectivity index (χ2v) is 7.93. The van der Waals surface area contributed by atoms with Gasteiger partial charge in [0.25, 0.3) is 5.91 Å². The Labute approximate surface area is 170 Å². The molecule has 0 aromatic heterocycles. The molecule has 1 fully saturated rings. The van der Waals surface area contributed by atoms with Crippen LogP contribution in [-0.2, 0) is 4.79 Å². The smallest absolute Gasteiger partial charge is 0.270 e. The Hall–Kier alpha value is -1.83. The maximum atomic E-state index is 12.8. The van der Waals surface area contributed by atoms with E-state index in [1.165, 1.54) is 11.8 Å². The summed E-state index contributed by atoms with van der Waals surface area (Å²) in [6.45, 7) is 2.47. The third-order valence-electron chi connectivity index (χ3n) is 3.66. The van der Waals surface area contributed by atoms with E-state index in [0.29, 0.717) is 27.3 Å². The molecule has 0 saturated carbocycles. The third-order valence-corrected chi connectivity index (χ3v) is 5.49. The van der Waals surface area contributed by atoms with Crippen molar-refractivity contribution in [2.24, 2.45) is 0 Å². The summed E-state index contributed by atoms with van der Waals surface area (Å²) in [6, 6.07) is 13.1. The number of methoxy groups -OCH3 is 1. The topological polar surface area (TPSA) is 38.8 Å². The minimum absolute atomic E-state index is 0.129. The zero-order valence-electron chi connectivity index (χ0n) is 14.2. The van der Waals surface area contributed by atoms with Gasteiger partial charge in [0, 0.05) is 4.47 Å². The monoisotopic (exact) mass is 449 g/mol. The molecule has 7 heteroatoms. The first-order chi connectivity index (χ1) is 12.5. The molecule has 134 valence electrons. The molecule has 0 aliphatic carbocycles. The molecule has 26 heavy (non-hydrogen) atoms. The van der Waals surface area contributed by atoms with Gasteiger partial charge in [-0.05, 0) is 55.0 Å². The molecule has 0 spiro atoms. The van der Waals surface area contributed by atoms with Crippen molar-refractivity contribution < 1.29 is 14.3 Å². The van der Waals surface area contributed by atoms with Crippen LogP contribution in [0.2, 0.25) is 0 Å². The van der Waals surface area contributed by atoms with Crippen molar-refractivity contribution >= 4 is 61.9 Å². The molecule has 0 unspecified atom stereocenters. The number of carbonyl (C=O) groups is 1. The molecule has 3 rings (SSSR count). The molecular formula is C19H16BrNO3S2. The Morgan fingerprint density at radius 1 is 1.19 bits per heavy atom. The molecular weight excluding hydrogens is 434 g/mol. The van der Waals surface area contributed by atoms with Crippen molar-refractivity contribution in [2.45, 2.75) is 6.92 Å². The number of hydrogen-bond donors (Lipinski definition) is 0. The number of anilines is 1. The Morgan fingerprint density at radius 3 is 2.58 bits per heavy atom. The van der Waals surface area contributed by atoms with Gasteiger partial charge in [-0.15, -0.1) is 0 Å². The SMILES string of the molecule is CCOc1ccc(/C=C2/SC(=S)N(c3ccc(Br)cc3)C2=O)cc1OC. The van der Waals surface area contributed by atoms with Crippen LogP contribution in [-0.4, -0.2) is 23.9 Å². The molecule has 4 nitrogen and oxygen atoms in total. The van der Waals surface area contributed by atoms with Crippen molar-refractivity contribution in [3.05, 3.63) is 57.4 Å². The Balaban J connectivity index is 1.89. The van der Waals surface area contributed by atoms with Crippen LogP contribution in [0.5, 0.6) is 11.5 Å². The van der Waals surface area contributed by atoms with E-state index in [1.54, 1.807) is 12.0 Å². The second kappa shape index (κ2) is 8.24. The van der Waals surface area contributed by atoms with Crippen molar-refractivity contribution in [2.75, 3.05) is 18.6 Å². The van der Waals surface area contributed by atoms with Crippen LogP contribution in [0.3, 0.4) is 0 Å². The number of ether oxygens (including phenoxy) is 2. The van der Waals surface area contributed by atoms with Crippen LogP contribution in [0, 0.1) is 0 Å². The molecule has 1 aliphatic heterocycles. The average molecular weight is 450 g/mol. The summed E-state index contributed by atoms with van der Waals surface area (Å²) in [4.78, 5) is 14.9. The Morgan fingerprint density at radius 2 is 1.92 bits per heavy atom. The number of amides is 1. The van der Waals surface area contributed by atoms with Gasteiger partial charge in [-0.1, -0.05) is 46.0 Å². The number of thioether (sulfide) groups is 1. The number of thiocarbonyl (C=S) groups is 1. The number of carbonyl (C=O) groups excluding carboxylic acids is 1. The number of halogens is 1. The van der Waals surface area contributed by atoms with Crippen LogP contribution in [0.1, 0.15) is 12.5 Å². The number of hydrogen-bond acceptors (Lipinski definition) is 5. The minimum Gasteiger partial charge on any atom is -0.493 e. The van der Waals surface area contributed by atoms with E-state index in [4.69, 9.17) is 21.7 Å². The highest BCUT2D eigenvalue weighted by molar-refractivity contribution is 9.10. The van der Waals surface area contributed by atoms with Crippen LogP contribution < -0.4 is 14.4 Å². The number of nitrogens with zero attached hydrogens (tertiary/aromatic N) is 1. The fourth-order valence-corrected chi connectivity index (χ4v) is 4.04. The molecule has 2 aromatic carbocycles. The summed E-state index contributed by atoms with van der Waals surface area (Å²) >= 11 is 10.1. The van der Waals surface area contributed by atoms with Gasteiger partial charge in [-0.25, -0.2) is 0 Å². The van der Waals surface area contributed by atoms with E-state index in [-0.39, 0.29) is 5.91 Å². The predicted octanol–water partition coefficient (Wildman–Crippen LogP) is 5.26. The zero-order valence-corrected chi connectivity index (χ0v) is 17.4. The van der Waals surface area contributed by atoms with Gasteiger partial charge < -0.3 is 9.47 Å². The lowest BCUT2D eigenvalue weighted by molar-refractivity contribution is -0.113. The highest BCUT2D eigenvalue weighted by Gasteiger charge is 2.33. The van der Waals surface area contributed by atoms with Crippen molar-refractivity contribution in [3.63, 3.8) is 0 Å². The van der Waals surface area contributed by atoms with Crippen molar-refractivity contribution in [1.29, 1.82) is 0 Å². The summed E-state index contributed by atoms with van der Waals surface area (Å²) in [5.74, 6) is 1.17. The van der Waals surface area contributed by atoms with Crippen molar-refractivity contribution in [1.82, 2.24) is 0 Å². The van der Waals surface area contributed by atoms with E-state index >= 15 is 0 Å². The lowest BCUT2D eigenvalue weighted by Gasteiger charge is -2.14. The predicted molar refractivity (Wildman–Crippen MR) is 114 cm³/mol. The standard InChI is InChI=1S/C19H16BrNO3S2/c1-3-24-15-9-4-12(10-16(15)23-2)11-17-18(22)21(19(25)26-17)14-7-5-13(20)6-8-14/h4-11H,3H2,1-2H3/b17-11+. The molecule has 1 saturated heterocycles. The Bertz CT molecular complexity index is 881. The van der Waals surface area contributed by atoms with Gasteiger partial charge in [0.1, 0.15) is 0 Å². The largest absolute Gasteiger partial charge is 0.493 e. The molecule has 2 aromatic rings. The molecule has 0 N–H and O–H groups in total. The number of rotatable bonds is 5. The van der Waals surface area contributed by atoms with Gasteiger partial charge in [-0.3, -0.25) is 9.69 Å². The Kier molecular flexibility index (Phi) is 6.01. The maximum Gasteiger partial charge on any atom is 0.270 e. The number of benzene rings is 2. The zero-order chi connectivity index (χ0) is 18.7. The quantitative estimate of drug-likeness (QED) is 0.459. The van der Waals surface area contributed by atoms with Gasteiger partial charge in [0.05, 0.1) is 24.3 Å². The first-order valence-corrected chi connectivity index (χ1v) is 9.89. The first-order valence-electron chi connectivity index (χ1n) is 7.88. The summed E-state index contributed by atoms with van der Waals surface area (Å²) < 4.78 is 12.4. The summed E-state index contributed by atoms with van der Waals surface area (Å²) in [5.41, 5.74) is 1.60. The highest BCUT2D eigenvalue weighted by atomic mass is 79.9. The van der Waals surface area contributed by atoms with Gasteiger partial charge >= 0.3 is 0 Å². The minimum atomic E-state index is -0.129. The molecule has 0 atom stereocenters. The third kappa shape index (κ3) is 3.95.